The minimum atomic E-state index is -0.970. The van der Waals surface area contributed by atoms with Gasteiger partial charge in [-0.15, -0.1) is 0 Å². The highest BCUT2D eigenvalue weighted by Gasteiger charge is 2.27. The second-order valence-corrected chi connectivity index (χ2v) is 4.99. The van der Waals surface area contributed by atoms with Crippen LogP contribution in [0.5, 0.6) is 0 Å². The van der Waals surface area contributed by atoms with Gasteiger partial charge in [-0.3, -0.25) is 0 Å². The van der Waals surface area contributed by atoms with Crippen molar-refractivity contribution in [1.29, 1.82) is 0 Å². The molecule has 2 rings (SSSR count). The molecular weight excluding hydrogens is 254 g/mol. The second-order valence-electron chi connectivity index (χ2n) is 4.61. The molecule has 2 heterocycles. The summed E-state index contributed by atoms with van der Waals surface area (Å²) in [5.74, 6) is 0.345. The van der Waals surface area contributed by atoms with Crippen molar-refractivity contribution >= 4 is 23.4 Å². The third-order valence-corrected chi connectivity index (χ3v) is 3.57. The van der Waals surface area contributed by atoms with E-state index in [-0.39, 0.29) is 6.04 Å². The van der Waals surface area contributed by atoms with Crippen molar-refractivity contribution in [3.05, 3.63) is 23.5 Å². The van der Waals surface area contributed by atoms with Gasteiger partial charge >= 0.3 is 6.09 Å². The average molecular weight is 270 g/mol. The number of anilines is 1. The first-order valence-corrected chi connectivity index (χ1v) is 6.30. The molecule has 1 aromatic heterocycles. The molecule has 5 nitrogen and oxygen atoms in total. The molecule has 1 aromatic rings. The lowest BCUT2D eigenvalue weighted by atomic mass is 9.93. The minimum Gasteiger partial charge on any atom is -0.465 e. The summed E-state index contributed by atoms with van der Waals surface area (Å²) in [6, 6.07) is 3.60. The van der Waals surface area contributed by atoms with E-state index in [1.165, 1.54) is 0 Å². The highest BCUT2D eigenvalue weighted by atomic mass is 35.5. The molecule has 1 aliphatic heterocycles. The number of pyridine rings is 1. The Morgan fingerprint density at radius 1 is 1.61 bits per heavy atom. The Kier molecular flexibility index (Phi) is 3.91. The van der Waals surface area contributed by atoms with Gasteiger partial charge in [0.2, 0.25) is 0 Å². The number of halogens is 1. The molecule has 18 heavy (non-hydrogen) atoms. The molecule has 0 spiro atoms. The standard InChI is InChI=1S/C12H16ClN3O2/c1-8-4-5-16(7-10(8)15-12(17)18)9-2-3-11(13)14-6-9/h2-3,6,8,10,15H,4-5,7H2,1H3,(H,17,18). The third-order valence-electron chi connectivity index (χ3n) is 3.34. The van der Waals surface area contributed by atoms with Crippen LogP contribution in [0.3, 0.4) is 0 Å². The molecule has 1 amide bonds. The van der Waals surface area contributed by atoms with Crippen LogP contribution in [-0.4, -0.2) is 35.3 Å². The highest BCUT2D eigenvalue weighted by molar-refractivity contribution is 6.29. The number of rotatable bonds is 2. The molecule has 2 N–H and O–H groups in total. The predicted molar refractivity (Wildman–Crippen MR) is 70.2 cm³/mol. The molecule has 0 bridgehead atoms. The monoisotopic (exact) mass is 269 g/mol. The molecule has 1 aliphatic rings. The number of carboxylic acid groups (broad SMARTS) is 1. The summed E-state index contributed by atoms with van der Waals surface area (Å²) in [6.07, 6.45) is 1.70. The van der Waals surface area contributed by atoms with Crippen LogP contribution in [0.25, 0.3) is 0 Å². The molecule has 0 radical (unpaired) electrons. The Hall–Kier alpha value is -1.49. The number of amides is 1. The molecule has 0 saturated carbocycles. The van der Waals surface area contributed by atoms with Gasteiger partial charge in [-0.1, -0.05) is 18.5 Å². The summed E-state index contributed by atoms with van der Waals surface area (Å²) in [5.41, 5.74) is 0.975. The van der Waals surface area contributed by atoms with Crippen LogP contribution in [-0.2, 0) is 0 Å². The van der Waals surface area contributed by atoms with Crippen LogP contribution >= 0.6 is 11.6 Å². The van der Waals surface area contributed by atoms with Crippen molar-refractivity contribution in [2.75, 3.05) is 18.0 Å². The predicted octanol–water partition coefficient (Wildman–Crippen LogP) is 2.22. The van der Waals surface area contributed by atoms with Crippen LogP contribution in [0, 0.1) is 5.92 Å². The second kappa shape index (κ2) is 5.44. The zero-order chi connectivity index (χ0) is 13.1. The highest BCUT2D eigenvalue weighted by Crippen LogP contribution is 2.23. The number of piperidine rings is 1. The average Bonchev–Trinajstić information content (AvgIpc) is 2.32. The van der Waals surface area contributed by atoms with Gasteiger partial charge in [0.15, 0.2) is 0 Å². The Morgan fingerprint density at radius 3 is 3.00 bits per heavy atom. The zero-order valence-electron chi connectivity index (χ0n) is 10.1. The Balaban J connectivity index is 2.06. The molecule has 1 fully saturated rings. The van der Waals surface area contributed by atoms with Crippen LogP contribution in [0.1, 0.15) is 13.3 Å². The van der Waals surface area contributed by atoms with E-state index in [1.807, 2.05) is 6.07 Å². The molecule has 0 aliphatic carbocycles. The minimum absolute atomic E-state index is 0.0491. The SMILES string of the molecule is CC1CCN(c2ccc(Cl)nc2)CC1NC(=O)O. The fourth-order valence-corrected chi connectivity index (χ4v) is 2.32. The Bertz CT molecular complexity index is 424. The summed E-state index contributed by atoms with van der Waals surface area (Å²) in [4.78, 5) is 16.9. The first kappa shape index (κ1) is 13.0. The summed E-state index contributed by atoms with van der Waals surface area (Å²) >= 11 is 5.75. The molecule has 0 aromatic carbocycles. The van der Waals surface area contributed by atoms with Gasteiger partial charge in [0.05, 0.1) is 17.9 Å². The zero-order valence-corrected chi connectivity index (χ0v) is 10.9. The van der Waals surface area contributed by atoms with Crippen LogP contribution in [0.15, 0.2) is 18.3 Å². The summed E-state index contributed by atoms with van der Waals surface area (Å²) < 4.78 is 0. The van der Waals surface area contributed by atoms with Gasteiger partial charge in [-0.2, -0.15) is 0 Å². The summed E-state index contributed by atoms with van der Waals surface area (Å²) in [5, 5.41) is 11.9. The number of carbonyl (C=O) groups is 1. The van der Waals surface area contributed by atoms with Crippen LogP contribution in [0.4, 0.5) is 10.5 Å². The van der Waals surface area contributed by atoms with Crippen molar-refractivity contribution in [3.8, 4) is 0 Å². The van der Waals surface area contributed by atoms with Gasteiger partial charge in [-0.05, 0) is 24.5 Å². The normalized spacial score (nSPS) is 23.8. The summed E-state index contributed by atoms with van der Waals surface area (Å²) in [7, 11) is 0. The molecule has 2 atom stereocenters. The van der Waals surface area contributed by atoms with E-state index in [9.17, 15) is 4.79 Å². The Labute approximate surface area is 111 Å². The van der Waals surface area contributed by atoms with Gasteiger partial charge in [0.1, 0.15) is 5.15 Å². The van der Waals surface area contributed by atoms with Crippen molar-refractivity contribution in [2.24, 2.45) is 5.92 Å². The van der Waals surface area contributed by atoms with E-state index in [0.717, 1.165) is 18.7 Å². The fourth-order valence-electron chi connectivity index (χ4n) is 2.21. The molecule has 98 valence electrons. The van der Waals surface area contributed by atoms with Crippen molar-refractivity contribution in [3.63, 3.8) is 0 Å². The smallest absolute Gasteiger partial charge is 0.404 e. The number of aromatic nitrogens is 1. The lowest BCUT2D eigenvalue weighted by Gasteiger charge is -2.38. The number of nitrogens with zero attached hydrogens (tertiary/aromatic N) is 2. The van der Waals surface area contributed by atoms with Crippen molar-refractivity contribution < 1.29 is 9.90 Å². The first-order chi connectivity index (χ1) is 8.56. The topological polar surface area (TPSA) is 65.5 Å². The van der Waals surface area contributed by atoms with Gasteiger partial charge in [0, 0.05) is 13.1 Å². The van der Waals surface area contributed by atoms with E-state index in [1.54, 1.807) is 12.3 Å². The maximum Gasteiger partial charge on any atom is 0.404 e. The van der Waals surface area contributed by atoms with E-state index in [4.69, 9.17) is 16.7 Å². The number of hydrogen-bond acceptors (Lipinski definition) is 3. The number of hydrogen-bond donors (Lipinski definition) is 2. The molecular formula is C12H16ClN3O2. The van der Waals surface area contributed by atoms with Gasteiger partial charge < -0.3 is 15.3 Å². The van der Waals surface area contributed by atoms with E-state index < -0.39 is 6.09 Å². The van der Waals surface area contributed by atoms with E-state index in [0.29, 0.717) is 17.6 Å². The van der Waals surface area contributed by atoms with Gasteiger partial charge in [0.25, 0.3) is 0 Å². The van der Waals surface area contributed by atoms with Crippen molar-refractivity contribution in [1.82, 2.24) is 10.3 Å². The quantitative estimate of drug-likeness (QED) is 0.808. The molecule has 2 unspecified atom stereocenters. The van der Waals surface area contributed by atoms with Crippen LogP contribution in [0.2, 0.25) is 5.15 Å². The molecule has 6 heteroatoms. The third kappa shape index (κ3) is 3.04. The maximum absolute atomic E-state index is 10.7. The largest absolute Gasteiger partial charge is 0.465 e. The van der Waals surface area contributed by atoms with E-state index in [2.05, 4.69) is 22.1 Å². The fraction of sp³-hybridized carbons (Fsp3) is 0.500. The maximum atomic E-state index is 10.7. The summed E-state index contributed by atoms with van der Waals surface area (Å²) in [6.45, 7) is 3.64. The van der Waals surface area contributed by atoms with E-state index >= 15 is 0 Å². The van der Waals surface area contributed by atoms with Crippen LogP contribution < -0.4 is 10.2 Å². The number of nitrogens with one attached hydrogen (secondary N) is 1. The Morgan fingerprint density at radius 2 is 2.39 bits per heavy atom. The first-order valence-electron chi connectivity index (χ1n) is 5.92. The molecule has 1 saturated heterocycles. The van der Waals surface area contributed by atoms with Crippen molar-refractivity contribution in [2.45, 2.75) is 19.4 Å². The lowest BCUT2D eigenvalue weighted by molar-refractivity contribution is 0.182. The lowest BCUT2D eigenvalue weighted by Crippen LogP contribution is -2.51. The van der Waals surface area contributed by atoms with Gasteiger partial charge in [-0.25, -0.2) is 9.78 Å².